The summed E-state index contributed by atoms with van der Waals surface area (Å²) in [5, 5.41) is 0.599. The van der Waals surface area contributed by atoms with Gasteiger partial charge in [-0.15, -0.1) is 0 Å². The van der Waals surface area contributed by atoms with Crippen LogP contribution in [-0.2, 0) is 13.0 Å². The van der Waals surface area contributed by atoms with Crippen molar-refractivity contribution in [2.24, 2.45) is 0 Å². The van der Waals surface area contributed by atoms with Crippen molar-refractivity contribution in [1.82, 2.24) is 14.5 Å². The third kappa shape index (κ3) is 3.60. The zero-order chi connectivity index (χ0) is 21.5. The van der Waals surface area contributed by atoms with Crippen LogP contribution in [0.4, 0.5) is 5.69 Å². The van der Waals surface area contributed by atoms with Crippen LogP contribution < -0.4 is 10.5 Å². The van der Waals surface area contributed by atoms with Crippen LogP contribution >= 0.6 is 0 Å². The second-order valence-electron chi connectivity index (χ2n) is 8.74. The van der Waals surface area contributed by atoms with Crippen LogP contribution in [0.15, 0.2) is 41.2 Å². The number of benzene rings is 2. The van der Waals surface area contributed by atoms with Crippen LogP contribution in [0.1, 0.15) is 40.2 Å². The molecule has 5 rings (SSSR count). The number of carbonyl (C=O) groups excluding carboxylic acids is 1. The minimum Gasteiger partial charge on any atom is -0.368 e. The Morgan fingerprint density at radius 1 is 0.935 bits per heavy atom. The van der Waals surface area contributed by atoms with Gasteiger partial charge in [0.15, 0.2) is 0 Å². The first kappa shape index (κ1) is 19.8. The Kier molecular flexibility index (Phi) is 5.00. The van der Waals surface area contributed by atoms with Crippen LogP contribution in [0.25, 0.3) is 10.9 Å². The van der Waals surface area contributed by atoms with Crippen molar-refractivity contribution in [1.29, 1.82) is 0 Å². The molecule has 2 aliphatic heterocycles. The molecule has 0 atom stereocenters. The van der Waals surface area contributed by atoms with Gasteiger partial charge in [-0.1, -0.05) is 17.7 Å². The second kappa shape index (κ2) is 7.84. The third-order valence-corrected chi connectivity index (χ3v) is 6.57. The summed E-state index contributed by atoms with van der Waals surface area (Å²) < 4.78 is 1.79. The SMILES string of the molecule is Cc1ccc(N2CCN(C(=O)c3ccc4c(=O)n5c(nc4c3)CCCC5)CC2)c(C)c1. The third-order valence-electron chi connectivity index (χ3n) is 6.57. The molecule has 6 heteroatoms. The maximum absolute atomic E-state index is 13.2. The molecule has 0 unspecified atom stereocenters. The second-order valence-corrected chi connectivity index (χ2v) is 8.74. The molecule has 0 spiro atoms. The van der Waals surface area contributed by atoms with Crippen molar-refractivity contribution >= 4 is 22.5 Å². The van der Waals surface area contributed by atoms with Gasteiger partial charge in [0.2, 0.25) is 0 Å². The molecule has 31 heavy (non-hydrogen) atoms. The van der Waals surface area contributed by atoms with Gasteiger partial charge in [-0.2, -0.15) is 0 Å². The molecule has 2 aromatic carbocycles. The Balaban J connectivity index is 1.35. The Bertz CT molecular complexity index is 1220. The quantitative estimate of drug-likeness (QED) is 0.643. The summed E-state index contributed by atoms with van der Waals surface area (Å²) >= 11 is 0. The lowest BCUT2D eigenvalue weighted by Crippen LogP contribution is -2.49. The molecule has 0 N–H and O–H groups in total. The average Bonchev–Trinajstić information content (AvgIpc) is 2.79. The molecule has 0 aliphatic carbocycles. The highest BCUT2D eigenvalue weighted by atomic mass is 16.2. The van der Waals surface area contributed by atoms with Gasteiger partial charge in [0, 0.05) is 50.4 Å². The minimum absolute atomic E-state index is 0.0146. The van der Waals surface area contributed by atoms with Crippen molar-refractivity contribution in [2.45, 2.75) is 39.7 Å². The summed E-state index contributed by atoms with van der Waals surface area (Å²) in [7, 11) is 0. The van der Waals surface area contributed by atoms with Crippen LogP contribution in [0, 0.1) is 13.8 Å². The molecule has 1 amide bonds. The first-order valence-corrected chi connectivity index (χ1v) is 11.2. The number of aryl methyl sites for hydroxylation is 3. The molecule has 0 radical (unpaired) electrons. The van der Waals surface area contributed by atoms with Crippen molar-refractivity contribution in [3.63, 3.8) is 0 Å². The fraction of sp³-hybridized carbons (Fsp3) is 0.400. The van der Waals surface area contributed by atoms with Gasteiger partial charge >= 0.3 is 0 Å². The predicted molar refractivity (Wildman–Crippen MR) is 123 cm³/mol. The average molecular weight is 417 g/mol. The number of anilines is 1. The van der Waals surface area contributed by atoms with E-state index in [2.05, 4.69) is 36.9 Å². The highest BCUT2D eigenvalue weighted by Crippen LogP contribution is 2.23. The van der Waals surface area contributed by atoms with E-state index in [0.717, 1.165) is 44.7 Å². The van der Waals surface area contributed by atoms with Gasteiger partial charge in [-0.3, -0.25) is 14.2 Å². The number of hydrogen-bond donors (Lipinski definition) is 0. The molecule has 6 nitrogen and oxygen atoms in total. The molecule has 0 saturated carbocycles. The van der Waals surface area contributed by atoms with Gasteiger partial charge in [0.05, 0.1) is 10.9 Å². The number of fused-ring (bicyclic) bond motifs is 2. The normalized spacial score (nSPS) is 16.5. The summed E-state index contributed by atoms with van der Waals surface area (Å²) in [5.74, 6) is 0.859. The van der Waals surface area contributed by atoms with Crippen LogP contribution in [0.2, 0.25) is 0 Å². The summed E-state index contributed by atoms with van der Waals surface area (Å²) in [6, 6.07) is 11.9. The molecule has 1 fully saturated rings. The predicted octanol–water partition coefficient (Wildman–Crippen LogP) is 3.31. The largest absolute Gasteiger partial charge is 0.368 e. The smallest absolute Gasteiger partial charge is 0.261 e. The summed E-state index contributed by atoms with van der Waals surface area (Å²) in [4.78, 5) is 34.9. The molecule has 1 saturated heterocycles. The Labute approximate surface area is 182 Å². The van der Waals surface area contributed by atoms with Crippen LogP contribution in [-0.4, -0.2) is 46.5 Å². The maximum atomic E-state index is 13.2. The minimum atomic E-state index is 0.0146. The van der Waals surface area contributed by atoms with Crippen molar-refractivity contribution < 1.29 is 4.79 Å². The van der Waals surface area contributed by atoms with E-state index < -0.39 is 0 Å². The fourth-order valence-electron chi connectivity index (χ4n) is 4.87. The van der Waals surface area contributed by atoms with E-state index in [4.69, 9.17) is 4.98 Å². The van der Waals surface area contributed by atoms with Gasteiger partial charge in [0.25, 0.3) is 11.5 Å². The van der Waals surface area contributed by atoms with Crippen molar-refractivity contribution in [3.05, 3.63) is 69.3 Å². The fourth-order valence-corrected chi connectivity index (χ4v) is 4.87. The molecule has 1 aromatic heterocycles. The topological polar surface area (TPSA) is 58.4 Å². The lowest BCUT2D eigenvalue weighted by molar-refractivity contribution is 0.0747. The Morgan fingerprint density at radius 3 is 2.52 bits per heavy atom. The molecular weight excluding hydrogens is 388 g/mol. The lowest BCUT2D eigenvalue weighted by atomic mass is 10.1. The van der Waals surface area contributed by atoms with E-state index in [-0.39, 0.29) is 11.5 Å². The lowest BCUT2D eigenvalue weighted by Gasteiger charge is -2.37. The first-order chi connectivity index (χ1) is 15.0. The highest BCUT2D eigenvalue weighted by Gasteiger charge is 2.24. The molecular formula is C25H28N4O2. The molecule has 2 aliphatic rings. The van der Waals surface area contributed by atoms with Gasteiger partial charge in [-0.05, 0) is 56.5 Å². The summed E-state index contributed by atoms with van der Waals surface area (Å²) in [5.41, 5.74) is 5.05. The van der Waals surface area contributed by atoms with E-state index in [1.165, 1.54) is 16.8 Å². The number of piperazine rings is 1. The van der Waals surface area contributed by atoms with E-state index in [9.17, 15) is 9.59 Å². The van der Waals surface area contributed by atoms with Crippen LogP contribution in [0.5, 0.6) is 0 Å². The van der Waals surface area contributed by atoms with E-state index in [1.54, 1.807) is 22.8 Å². The van der Waals surface area contributed by atoms with Gasteiger partial charge in [-0.25, -0.2) is 4.98 Å². The number of aromatic nitrogens is 2. The maximum Gasteiger partial charge on any atom is 0.261 e. The number of hydrogen-bond acceptors (Lipinski definition) is 4. The Morgan fingerprint density at radius 2 is 1.74 bits per heavy atom. The van der Waals surface area contributed by atoms with Gasteiger partial charge in [0.1, 0.15) is 5.82 Å². The number of carbonyl (C=O) groups is 1. The zero-order valence-corrected chi connectivity index (χ0v) is 18.2. The standard InChI is InChI=1S/C25H28N4O2/c1-17-6-9-22(18(2)15-17)27-11-13-28(14-12-27)24(30)19-7-8-20-21(16-19)26-23-5-3-4-10-29(23)25(20)31/h6-9,15-16H,3-5,10-14H2,1-2H3. The highest BCUT2D eigenvalue weighted by molar-refractivity contribution is 5.97. The van der Waals surface area contributed by atoms with Crippen molar-refractivity contribution in [2.75, 3.05) is 31.1 Å². The monoisotopic (exact) mass is 416 g/mol. The molecule has 160 valence electrons. The zero-order valence-electron chi connectivity index (χ0n) is 18.2. The van der Waals surface area contributed by atoms with Gasteiger partial charge < -0.3 is 9.80 Å². The summed E-state index contributed by atoms with van der Waals surface area (Å²) in [6.07, 6.45) is 2.90. The van der Waals surface area contributed by atoms with E-state index >= 15 is 0 Å². The number of amides is 1. The van der Waals surface area contributed by atoms with E-state index in [0.29, 0.717) is 29.6 Å². The van der Waals surface area contributed by atoms with Crippen LogP contribution in [0.3, 0.4) is 0 Å². The summed E-state index contributed by atoms with van der Waals surface area (Å²) in [6.45, 7) is 7.99. The number of nitrogens with zero attached hydrogens (tertiary/aromatic N) is 4. The Hall–Kier alpha value is -3.15. The first-order valence-electron chi connectivity index (χ1n) is 11.2. The van der Waals surface area contributed by atoms with E-state index in [1.807, 2.05) is 4.90 Å². The molecule has 3 heterocycles. The number of rotatable bonds is 2. The molecule has 3 aromatic rings. The van der Waals surface area contributed by atoms with Crippen molar-refractivity contribution in [3.8, 4) is 0 Å². The molecule has 0 bridgehead atoms.